The summed E-state index contributed by atoms with van der Waals surface area (Å²) in [5, 5.41) is 7.19. The van der Waals surface area contributed by atoms with Crippen LogP contribution in [0.2, 0.25) is 0 Å². The SMILES string of the molecule is CN1CCCn2nc(C3CCCN(C(=O)Nc4cccc(C(F)(F)F)c4)C3)cc2C1=O. The number of hydrogen-bond donors (Lipinski definition) is 1. The second kappa shape index (κ2) is 8.24. The van der Waals surface area contributed by atoms with Gasteiger partial charge in [-0.25, -0.2) is 4.79 Å². The number of urea groups is 1. The van der Waals surface area contributed by atoms with E-state index in [2.05, 4.69) is 10.4 Å². The monoisotopic (exact) mass is 435 g/mol. The summed E-state index contributed by atoms with van der Waals surface area (Å²) in [5.41, 5.74) is 0.621. The van der Waals surface area contributed by atoms with Crippen LogP contribution < -0.4 is 5.32 Å². The molecule has 1 atom stereocenters. The summed E-state index contributed by atoms with van der Waals surface area (Å²) in [4.78, 5) is 28.5. The largest absolute Gasteiger partial charge is 0.416 e. The molecule has 0 bridgehead atoms. The molecule has 2 aromatic rings. The van der Waals surface area contributed by atoms with Crippen molar-refractivity contribution in [2.24, 2.45) is 0 Å². The van der Waals surface area contributed by atoms with E-state index in [-0.39, 0.29) is 17.5 Å². The maximum absolute atomic E-state index is 12.9. The summed E-state index contributed by atoms with van der Waals surface area (Å²) in [5.74, 6) is -0.0928. The number of rotatable bonds is 2. The number of alkyl halides is 3. The lowest BCUT2D eigenvalue weighted by atomic mass is 9.95. The van der Waals surface area contributed by atoms with Crippen LogP contribution in [0.1, 0.15) is 46.9 Å². The highest BCUT2D eigenvalue weighted by atomic mass is 19.4. The summed E-state index contributed by atoms with van der Waals surface area (Å²) >= 11 is 0. The van der Waals surface area contributed by atoms with Crippen molar-refractivity contribution in [1.29, 1.82) is 0 Å². The Labute approximate surface area is 177 Å². The number of likely N-dealkylation sites (tertiary alicyclic amines) is 1. The van der Waals surface area contributed by atoms with Crippen LogP contribution in [-0.2, 0) is 12.7 Å². The zero-order valence-electron chi connectivity index (χ0n) is 17.2. The quantitative estimate of drug-likeness (QED) is 0.780. The Balaban J connectivity index is 1.46. The predicted octanol–water partition coefficient (Wildman–Crippen LogP) is 3.79. The average molecular weight is 435 g/mol. The number of amides is 3. The van der Waals surface area contributed by atoms with Crippen LogP contribution in [0.25, 0.3) is 0 Å². The fraction of sp³-hybridized carbons (Fsp3) is 0.476. The first kappa shape index (κ1) is 21.2. The van der Waals surface area contributed by atoms with Gasteiger partial charge in [-0.3, -0.25) is 9.48 Å². The van der Waals surface area contributed by atoms with Gasteiger partial charge in [0.2, 0.25) is 0 Å². The molecule has 1 saturated heterocycles. The zero-order valence-corrected chi connectivity index (χ0v) is 17.2. The topological polar surface area (TPSA) is 70.5 Å². The van der Waals surface area contributed by atoms with Crippen molar-refractivity contribution >= 4 is 17.6 Å². The molecule has 0 aliphatic carbocycles. The van der Waals surface area contributed by atoms with Gasteiger partial charge in [0.1, 0.15) is 5.69 Å². The molecule has 1 aromatic heterocycles. The normalized spacial score (nSPS) is 19.7. The molecule has 2 aliphatic rings. The number of nitrogens with one attached hydrogen (secondary N) is 1. The maximum atomic E-state index is 12.9. The average Bonchev–Trinajstić information content (AvgIpc) is 3.11. The third-order valence-electron chi connectivity index (χ3n) is 5.80. The number of aromatic nitrogens is 2. The zero-order chi connectivity index (χ0) is 22.2. The van der Waals surface area contributed by atoms with E-state index in [9.17, 15) is 22.8 Å². The molecule has 1 fully saturated rings. The van der Waals surface area contributed by atoms with Gasteiger partial charge >= 0.3 is 12.2 Å². The number of hydrogen-bond acceptors (Lipinski definition) is 3. The summed E-state index contributed by atoms with van der Waals surface area (Å²) in [6.07, 6.45) is -2.07. The van der Waals surface area contributed by atoms with Gasteiger partial charge in [0.25, 0.3) is 5.91 Å². The van der Waals surface area contributed by atoms with Gasteiger partial charge in [0.05, 0.1) is 11.3 Å². The van der Waals surface area contributed by atoms with Gasteiger partial charge in [-0.2, -0.15) is 18.3 Å². The molecule has 1 N–H and O–H groups in total. The number of benzene rings is 1. The fourth-order valence-corrected chi connectivity index (χ4v) is 4.11. The van der Waals surface area contributed by atoms with Crippen molar-refractivity contribution < 1.29 is 22.8 Å². The molecule has 0 spiro atoms. The van der Waals surface area contributed by atoms with Crippen molar-refractivity contribution in [1.82, 2.24) is 19.6 Å². The first-order valence-corrected chi connectivity index (χ1v) is 10.3. The van der Waals surface area contributed by atoms with E-state index in [0.717, 1.165) is 37.1 Å². The van der Waals surface area contributed by atoms with Crippen LogP contribution in [0.15, 0.2) is 30.3 Å². The van der Waals surface area contributed by atoms with Crippen molar-refractivity contribution in [3.63, 3.8) is 0 Å². The standard InChI is InChI=1S/C21H24F3N5O2/c1-27-8-4-10-29-18(19(27)30)12-17(26-29)14-5-3-9-28(13-14)20(31)25-16-7-2-6-15(11-16)21(22,23)24/h2,6-7,11-12,14H,3-5,8-10,13H2,1H3,(H,25,31). The molecule has 0 saturated carbocycles. The predicted molar refractivity (Wildman–Crippen MR) is 108 cm³/mol. The Morgan fingerprint density at radius 1 is 1.16 bits per heavy atom. The summed E-state index contributed by atoms with van der Waals surface area (Å²) in [7, 11) is 1.77. The van der Waals surface area contributed by atoms with Crippen molar-refractivity contribution in [3.8, 4) is 0 Å². The van der Waals surface area contributed by atoms with Gasteiger partial charge in [-0.15, -0.1) is 0 Å². The third kappa shape index (κ3) is 4.52. The van der Waals surface area contributed by atoms with E-state index in [1.54, 1.807) is 21.5 Å². The molecular weight excluding hydrogens is 411 g/mol. The lowest BCUT2D eigenvalue weighted by molar-refractivity contribution is -0.137. The lowest BCUT2D eigenvalue weighted by Crippen LogP contribution is -2.41. The highest BCUT2D eigenvalue weighted by molar-refractivity contribution is 5.93. The van der Waals surface area contributed by atoms with E-state index in [1.807, 2.05) is 6.07 Å². The van der Waals surface area contributed by atoms with Gasteiger partial charge < -0.3 is 15.1 Å². The van der Waals surface area contributed by atoms with E-state index < -0.39 is 17.8 Å². The Hall–Kier alpha value is -3.04. The van der Waals surface area contributed by atoms with E-state index in [0.29, 0.717) is 31.9 Å². The number of carbonyl (C=O) groups is 2. The molecule has 3 heterocycles. The lowest BCUT2D eigenvalue weighted by Gasteiger charge is -2.32. The number of fused-ring (bicyclic) bond motifs is 1. The van der Waals surface area contributed by atoms with Crippen LogP contribution in [0, 0.1) is 0 Å². The number of nitrogens with zero attached hydrogens (tertiary/aromatic N) is 4. The second-order valence-electron chi connectivity index (χ2n) is 8.05. The van der Waals surface area contributed by atoms with Gasteiger partial charge in [-0.1, -0.05) is 6.07 Å². The number of anilines is 1. The Morgan fingerprint density at radius 3 is 2.74 bits per heavy atom. The Bertz CT molecular complexity index is 988. The fourth-order valence-electron chi connectivity index (χ4n) is 4.11. The minimum Gasteiger partial charge on any atom is -0.340 e. The van der Waals surface area contributed by atoms with Crippen molar-refractivity contribution in [2.75, 3.05) is 32.0 Å². The molecule has 3 amide bonds. The molecule has 1 unspecified atom stereocenters. The molecule has 0 radical (unpaired) electrons. The molecule has 2 aliphatic heterocycles. The molecular formula is C21H24F3N5O2. The molecule has 7 nitrogen and oxygen atoms in total. The molecule has 10 heteroatoms. The van der Waals surface area contributed by atoms with E-state index in [4.69, 9.17) is 0 Å². The highest BCUT2D eigenvalue weighted by Gasteiger charge is 2.32. The van der Waals surface area contributed by atoms with Gasteiger partial charge in [0, 0.05) is 44.8 Å². The number of aryl methyl sites for hydroxylation is 1. The number of halogens is 3. The van der Waals surface area contributed by atoms with Crippen LogP contribution >= 0.6 is 0 Å². The van der Waals surface area contributed by atoms with Gasteiger partial charge in [0.15, 0.2) is 0 Å². The summed E-state index contributed by atoms with van der Waals surface area (Å²) in [6, 6.07) is 5.96. The smallest absolute Gasteiger partial charge is 0.340 e. The van der Waals surface area contributed by atoms with E-state index >= 15 is 0 Å². The summed E-state index contributed by atoms with van der Waals surface area (Å²) in [6.45, 7) is 2.25. The van der Waals surface area contributed by atoms with E-state index in [1.165, 1.54) is 12.1 Å². The molecule has 166 valence electrons. The Morgan fingerprint density at radius 2 is 1.97 bits per heavy atom. The number of carbonyl (C=O) groups excluding carboxylic acids is 2. The van der Waals surface area contributed by atoms with Crippen molar-refractivity contribution in [2.45, 2.75) is 37.9 Å². The Kier molecular flexibility index (Phi) is 5.63. The van der Waals surface area contributed by atoms with Crippen molar-refractivity contribution in [3.05, 3.63) is 47.3 Å². The summed E-state index contributed by atoms with van der Waals surface area (Å²) < 4.78 is 40.5. The molecule has 1 aromatic carbocycles. The molecule has 4 rings (SSSR count). The maximum Gasteiger partial charge on any atom is 0.416 e. The van der Waals surface area contributed by atoms with Crippen LogP contribution in [0.4, 0.5) is 23.7 Å². The minimum absolute atomic E-state index is 0.0291. The highest BCUT2D eigenvalue weighted by Crippen LogP contribution is 2.31. The van der Waals surface area contributed by atoms with Gasteiger partial charge in [-0.05, 0) is 43.5 Å². The van der Waals surface area contributed by atoms with Crippen LogP contribution in [0.5, 0.6) is 0 Å². The third-order valence-corrected chi connectivity index (χ3v) is 5.80. The first-order chi connectivity index (χ1) is 14.7. The minimum atomic E-state index is -4.47. The molecule has 31 heavy (non-hydrogen) atoms. The second-order valence-corrected chi connectivity index (χ2v) is 8.05. The number of piperidine rings is 1. The first-order valence-electron chi connectivity index (χ1n) is 10.3. The van der Waals surface area contributed by atoms with Crippen LogP contribution in [0.3, 0.4) is 0 Å². The van der Waals surface area contributed by atoms with Crippen LogP contribution in [-0.4, -0.2) is 58.2 Å².